The van der Waals surface area contributed by atoms with Gasteiger partial charge in [-0.05, 0) is 34.9 Å². The SMILES string of the molecule is CCC(=O)c1ccccc1-c1ccc(OCc2ccccc2)cc1Br. The first-order valence-corrected chi connectivity index (χ1v) is 9.07. The molecule has 3 aromatic rings. The molecule has 3 rings (SSSR count). The second-order valence-corrected chi connectivity index (χ2v) is 6.59. The minimum absolute atomic E-state index is 0.145. The normalized spacial score (nSPS) is 10.5. The van der Waals surface area contributed by atoms with E-state index in [1.807, 2.05) is 79.7 Å². The maximum atomic E-state index is 12.2. The van der Waals surface area contributed by atoms with Crippen molar-refractivity contribution in [3.8, 4) is 16.9 Å². The Morgan fingerprint density at radius 2 is 1.64 bits per heavy atom. The fourth-order valence-corrected chi connectivity index (χ4v) is 3.27. The van der Waals surface area contributed by atoms with E-state index < -0.39 is 0 Å². The Morgan fingerprint density at radius 3 is 2.36 bits per heavy atom. The molecule has 0 radical (unpaired) electrons. The Bertz CT molecular complexity index is 872. The van der Waals surface area contributed by atoms with Gasteiger partial charge in [-0.3, -0.25) is 4.79 Å². The molecular weight excluding hydrogens is 376 g/mol. The van der Waals surface area contributed by atoms with Crippen LogP contribution in [0.25, 0.3) is 11.1 Å². The zero-order valence-electron chi connectivity index (χ0n) is 14.0. The average Bonchev–Trinajstić information content (AvgIpc) is 2.67. The summed E-state index contributed by atoms with van der Waals surface area (Å²) in [6.07, 6.45) is 0.493. The average molecular weight is 395 g/mol. The Kier molecular flexibility index (Phi) is 5.67. The molecule has 2 nitrogen and oxygen atoms in total. The molecule has 0 unspecified atom stereocenters. The smallest absolute Gasteiger partial charge is 0.163 e. The molecule has 3 aromatic carbocycles. The van der Waals surface area contributed by atoms with Crippen LogP contribution in [-0.2, 0) is 6.61 Å². The van der Waals surface area contributed by atoms with Crippen LogP contribution in [0.4, 0.5) is 0 Å². The third-order valence-corrected chi connectivity index (χ3v) is 4.68. The fraction of sp³-hybridized carbons (Fsp3) is 0.136. The zero-order chi connectivity index (χ0) is 17.6. The van der Waals surface area contributed by atoms with Gasteiger partial charge in [0.25, 0.3) is 0 Å². The highest BCUT2D eigenvalue weighted by Crippen LogP contribution is 2.34. The van der Waals surface area contributed by atoms with Crippen LogP contribution in [0.3, 0.4) is 0 Å². The van der Waals surface area contributed by atoms with Crippen LogP contribution in [0.1, 0.15) is 29.3 Å². The van der Waals surface area contributed by atoms with Crippen molar-refractivity contribution >= 4 is 21.7 Å². The first-order chi connectivity index (χ1) is 12.2. The van der Waals surface area contributed by atoms with Gasteiger partial charge in [-0.25, -0.2) is 0 Å². The van der Waals surface area contributed by atoms with E-state index in [0.29, 0.717) is 13.0 Å². The summed E-state index contributed by atoms with van der Waals surface area (Å²) in [5.41, 5.74) is 3.81. The van der Waals surface area contributed by atoms with Crippen LogP contribution in [0.15, 0.2) is 77.3 Å². The van der Waals surface area contributed by atoms with Crippen molar-refractivity contribution in [3.63, 3.8) is 0 Å². The van der Waals surface area contributed by atoms with Crippen molar-refractivity contribution < 1.29 is 9.53 Å². The summed E-state index contributed by atoms with van der Waals surface area (Å²) in [5.74, 6) is 0.936. The molecule has 0 bridgehead atoms. The molecule has 3 heteroatoms. The summed E-state index contributed by atoms with van der Waals surface area (Å²) in [5, 5.41) is 0. The summed E-state index contributed by atoms with van der Waals surface area (Å²) in [7, 11) is 0. The molecule has 0 saturated carbocycles. The summed E-state index contributed by atoms with van der Waals surface area (Å²) in [6.45, 7) is 2.41. The number of carbonyl (C=O) groups excluding carboxylic acids is 1. The van der Waals surface area contributed by atoms with E-state index in [0.717, 1.165) is 32.5 Å². The van der Waals surface area contributed by atoms with Gasteiger partial charge in [-0.1, -0.05) is 77.5 Å². The predicted molar refractivity (Wildman–Crippen MR) is 105 cm³/mol. The quantitative estimate of drug-likeness (QED) is 0.459. The van der Waals surface area contributed by atoms with E-state index in [4.69, 9.17) is 4.74 Å². The lowest BCUT2D eigenvalue weighted by molar-refractivity contribution is 0.0989. The lowest BCUT2D eigenvalue weighted by atomic mass is 9.96. The number of ether oxygens (including phenoxy) is 1. The summed E-state index contributed by atoms with van der Waals surface area (Å²) < 4.78 is 6.78. The standard InChI is InChI=1S/C22H19BrO2/c1-2-22(24)20-11-7-6-10-18(20)19-13-12-17(14-21(19)23)25-15-16-8-4-3-5-9-16/h3-14H,2,15H2,1H3. The fourth-order valence-electron chi connectivity index (χ4n) is 2.70. The van der Waals surface area contributed by atoms with Gasteiger partial charge in [-0.15, -0.1) is 0 Å². The molecule has 0 aliphatic heterocycles. The number of ketones is 1. The molecule has 0 spiro atoms. The number of halogens is 1. The van der Waals surface area contributed by atoms with Crippen LogP contribution in [-0.4, -0.2) is 5.78 Å². The van der Waals surface area contributed by atoms with E-state index in [-0.39, 0.29) is 5.78 Å². The second kappa shape index (κ2) is 8.13. The molecule has 0 N–H and O–H groups in total. The van der Waals surface area contributed by atoms with Gasteiger partial charge in [0, 0.05) is 16.5 Å². The Hall–Kier alpha value is -2.39. The molecule has 0 aliphatic carbocycles. The molecule has 0 amide bonds. The van der Waals surface area contributed by atoms with E-state index >= 15 is 0 Å². The Balaban J connectivity index is 1.84. The zero-order valence-corrected chi connectivity index (χ0v) is 15.6. The van der Waals surface area contributed by atoms with Gasteiger partial charge in [0.15, 0.2) is 5.78 Å². The number of rotatable bonds is 6. The predicted octanol–water partition coefficient (Wildman–Crippen LogP) is 6.29. The number of hydrogen-bond donors (Lipinski definition) is 0. The minimum atomic E-state index is 0.145. The van der Waals surface area contributed by atoms with Crippen LogP contribution in [0.2, 0.25) is 0 Å². The number of carbonyl (C=O) groups is 1. The van der Waals surface area contributed by atoms with Crippen molar-refractivity contribution in [1.29, 1.82) is 0 Å². The molecule has 0 atom stereocenters. The van der Waals surface area contributed by atoms with Crippen molar-refractivity contribution in [2.24, 2.45) is 0 Å². The maximum absolute atomic E-state index is 12.2. The summed E-state index contributed by atoms with van der Waals surface area (Å²) >= 11 is 3.62. The van der Waals surface area contributed by atoms with E-state index in [2.05, 4.69) is 15.9 Å². The number of hydrogen-bond acceptors (Lipinski definition) is 2. The van der Waals surface area contributed by atoms with Crippen molar-refractivity contribution in [3.05, 3.63) is 88.4 Å². The van der Waals surface area contributed by atoms with Crippen molar-refractivity contribution in [2.75, 3.05) is 0 Å². The molecular formula is C22H19BrO2. The van der Waals surface area contributed by atoms with Gasteiger partial charge in [-0.2, -0.15) is 0 Å². The van der Waals surface area contributed by atoms with Gasteiger partial charge >= 0.3 is 0 Å². The summed E-state index contributed by atoms with van der Waals surface area (Å²) in [4.78, 5) is 12.2. The molecule has 0 aromatic heterocycles. The highest BCUT2D eigenvalue weighted by Gasteiger charge is 2.13. The highest BCUT2D eigenvalue weighted by molar-refractivity contribution is 9.10. The molecule has 126 valence electrons. The monoisotopic (exact) mass is 394 g/mol. The van der Waals surface area contributed by atoms with E-state index in [1.165, 1.54) is 0 Å². The van der Waals surface area contributed by atoms with Gasteiger partial charge in [0.2, 0.25) is 0 Å². The first kappa shape index (κ1) is 17.4. The number of Topliss-reactive ketones (excluding diaryl/α,β-unsaturated/α-hetero) is 1. The second-order valence-electron chi connectivity index (χ2n) is 5.74. The first-order valence-electron chi connectivity index (χ1n) is 8.28. The van der Waals surface area contributed by atoms with Gasteiger partial charge < -0.3 is 4.74 Å². The van der Waals surface area contributed by atoms with Crippen LogP contribution in [0, 0.1) is 0 Å². The third kappa shape index (κ3) is 4.18. The highest BCUT2D eigenvalue weighted by atomic mass is 79.9. The molecule has 25 heavy (non-hydrogen) atoms. The van der Waals surface area contributed by atoms with E-state index in [1.54, 1.807) is 0 Å². The largest absolute Gasteiger partial charge is 0.489 e. The Labute approximate surface area is 156 Å². The minimum Gasteiger partial charge on any atom is -0.489 e. The van der Waals surface area contributed by atoms with Crippen molar-refractivity contribution in [1.82, 2.24) is 0 Å². The van der Waals surface area contributed by atoms with Crippen molar-refractivity contribution in [2.45, 2.75) is 20.0 Å². The molecule has 0 aliphatic rings. The lowest BCUT2D eigenvalue weighted by Crippen LogP contribution is -2.00. The molecule has 0 heterocycles. The number of benzene rings is 3. The molecule has 0 fully saturated rings. The van der Waals surface area contributed by atoms with Gasteiger partial charge in [0.05, 0.1) is 0 Å². The Morgan fingerprint density at radius 1 is 0.920 bits per heavy atom. The van der Waals surface area contributed by atoms with Crippen LogP contribution < -0.4 is 4.74 Å². The van der Waals surface area contributed by atoms with Gasteiger partial charge in [0.1, 0.15) is 12.4 Å². The van der Waals surface area contributed by atoms with Crippen LogP contribution >= 0.6 is 15.9 Å². The topological polar surface area (TPSA) is 26.3 Å². The van der Waals surface area contributed by atoms with Crippen LogP contribution in [0.5, 0.6) is 5.75 Å². The lowest BCUT2D eigenvalue weighted by Gasteiger charge is -2.12. The third-order valence-electron chi connectivity index (χ3n) is 4.03. The summed E-state index contributed by atoms with van der Waals surface area (Å²) in [6, 6.07) is 23.7. The maximum Gasteiger partial charge on any atom is 0.163 e. The van der Waals surface area contributed by atoms with E-state index in [9.17, 15) is 4.79 Å². The molecule has 0 saturated heterocycles.